The van der Waals surface area contributed by atoms with E-state index in [0.717, 1.165) is 11.3 Å². The molecule has 3 heterocycles. The van der Waals surface area contributed by atoms with Gasteiger partial charge in [-0.05, 0) is 18.6 Å². The Hall–Kier alpha value is -3.12. The van der Waals surface area contributed by atoms with E-state index in [4.69, 9.17) is 10.2 Å². The van der Waals surface area contributed by atoms with Crippen molar-refractivity contribution in [3.05, 3.63) is 46.4 Å². The predicted molar refractivity (Wildman–Crippen MR) is 110 cm³/mol. The van der Waals surface area contributed by atoms with Gasteiger partial charge in [0.1, 0.15) is 5.39 Å². The number of amides is 1. The summed E-state index contributed by atoms with van der Waals surface area (Å²) in [5.74, 6) is 0.533. The number of hydrogen-bond donors (Lipinski definition) is 0. The minimum atomic E-state index is -0.252. The topological polar surface area (TPSA) is 96.8 Å². The minimum absolute atomic E-state index is 0.0821. The molecule has 1 amide bonds. The average molecular weight is 408 g/mol. The third-order valence-electron chi connectivity index (χ3n) is 5.11. The molecule has 2 aromatic heterocycles. The van der Waals surface area contributed by atoms with Crippen LogP contribution in [0.25, 0.3) is 16.7 Å². The summed E-state index contributed by atoms with van der Waals surface area (Å²) >= 11 is 1.48. The molecular weight excluding hydrogens is 388 g/mol. The normalized spacial score (nSPS) is 15.3. The van der Waals surface area contributed by atoms with Crippen molar-refractivity contribution in [2.45, 2.75) is 31.0 Å². The van der Waals surface area contributed by atoms with E-state index in [1.54, 1.807) is 27.4 Å². The van der Waals surface area contributed by atoms with Crippen LogP contribution in [-0.4, -0.2) is 49.5 Å². The van der Waals surface area contributed by atoms with Gasteiger partial charge in [0.2, 0.25) is 5.91 Å². The Morgan fingerprint density at radius 3 is 2.97 bits per heavy atom. The van der Waals surface area contributed by atoms with Crippen molar-refractivity contribution in [1.82, 2.24) is 24.2 Å². The van der Waals surface area contributed by atoms with E-state index in [9.17, 15) is 9.59 Å². The van der Waals surface area contributed by atoms with Gasteiger partial charge in [0, 0.05) is 25.8 Å². The number of fused-ring (bicyclic) bond motifs is 2. The molecular formula is C20H20N6O2S. The maximum absolute atomic E-state index is 13.2. The lowest BCUT2D eigenvalue weighted by atomic mass is 10.2. The van der Waals surface area contributed by atoms with E-state index >= 15 is 0 Å². The summed E-state index contributed by atoms with van der Waals surface area (Å²) in [7, 11) is 1.68. The number of carbonyl (C=O) groups excluding carboxylic acids is 1. The van der Waals surface area contributed by atoms with Crippen molar-refractivity contribution in [3.8, 4) is 11.8 Å². The molecule has 3 aromatic rings. The predicted octanol–water partition coefficient (Wildman–Crippen LogP) is 2.30. The van der Waals surface area contributed by atoms with E-state index < -0.39 is 0 Å². The molecule has 4 rings (SSSR count). The van der Waals surface area contributed by atoms with Crippen LogP contribution in [0.4, 0.5) is 0 Å². The van der Waals surface area contributed by atoms with E-state index in [-0.39, 0.29) is 23.9 Å². The summed E-state index contributed by atoms with van der Waals surface area (Å²) in [6.07, 6.45) is 2.05. The van der Waals surface area contributed by atoms with Gasteiger partial charge >= 0.3 is 0 Å². The maximum Gasteiger partial charge on any atom is 0.265 e. The Morgan fingerprint density at radius 2 is 2.21 bits per heavy atom. The highest BCUT2D eigenvalue weighted by Gasteiger charge is 2.30. The Kier molecular flexibility index (Phi) is 5.11. The Morgan fingerprint density at radius 1 is 1.41 bits per heavy atom. The quantitative estimate of drug-likeness (QED) is 0.601. The molecule has 8 nitrogen and oxygen atoms in total. The summed E-state index contributed by atoms with van der Waals surface area (Å²) in [6.45, 7) is 2.37. The van der Waals surface area contributed by atoms with Crippen LogP contribution in [0, 0.1) is 18.3 Å². The molecule has 0 bridgehead atoms. The minimum Gasteiger partial charge on any atom is -0.345 e. The second-order valence-electron chi connectivity index (χ2n) is 7.04. The first-order valence-electron chi connectivity index (χ1n) is 9.31. The fraction of sp³-hybridized carbons (Fsp3) is 0.350. The first kappa shape index (κ1) is 19.2. The molecule has 0 N–H and O–H groups in total. The Labute approximate surface area is 171 Å². The lowest BCUT2D eigenvalue weighted by Crippen LogP contribution is -2.32. The number of benzene rings is 1. The number of para-hydroxylation sites is 1. The summed E-state index contributed by atoms with van der Waals surface area (Å²) in [5.41, 5.74) is 2.28. The largest absolute Gasteiger partial charge is 0.345 e. The average Bonchev–Trinajstić information content (AvgIpc) is 3.31. The Balaban J connectivity index is 1.69. The zero-order valence-electron chi connectivity index (χ0n) is 16.2. The SMILES string of the molecule is Cc1ccccc1-n1ncc2c(=O)n3c(nc21)SCC3CC(=O)N(C)CCC#N. The number of nitrogens with zero attached hydrogens (tertiary/aromatic N) is 6. The van der Waals surface area contributed by atoms with E-state index in [1.807, 2.05) is 37.3 Å². The van der Waals surface area contributed by atoms with Gasteiger partial charge in [-0.2, -0.15) is 10.4 Å². The van der Waals surface area contributed by atoms with Crippen LogP contribution in [0.2, 0.25) is 0 Å². The zero-order chi connectivity index (χ0) is 20.5. The number of aryl methyl sites for hydroxylation is 1. The van der Waals surface area contributed by atoms with Gasteiger partial charge in [-0.15, -0.1) is 0 Å². The molecule has 0 radical (unpaired) electrons. The van der Waals surface area contributed by atoms with Crippen molar-refractivity contribution in [1.29, 1.82) is 5.26 Å². The third-order valence-corrected chi connectivity index (χ3v) is 6.21. The highest BCUT2D eigenvalue weighted by molar-refractivity contribution is 7.99. The third kappa shape index (κ3) is 3.40. The number of thioether (sulfide) groups is 1. The molecule has 148 valence electrons. The van der Waals surface area contributed by atoms with Crippen LogP contribution < -0.4 is 5.56 Å². The van der Waals surface area contributed by atoms with E-state index in [0.29, 0.717) is 34.9 Å². The fourth-order valence-electron chi connectivity index (χ4n) is 3.46. The van der Waals surface area contributed by atoms with Gasteiger partial charge in [0.05, 0.1) is 30.4 Å². The molecule has 1 atom stereocenters. The van der Waals surface area contributed by atoms with Gasteiger partial charge < -0.3 is 4.90 Å². The molecule has 0 saturated carbocycles. The van der Waals surface area contributed by atoms with Crippen LogP contribution in [0.3, 0.4) is 0 Å². The Bertz CT molecular complexity index is 1190. The number of rotatable bonds is 5. The van der Waals surface area contributed by atoms with Gasteiger partial charge in [-0.25, -0.2) is 9.67 Å². The number of hydrogen-bond acceptors (Lipinski definition) is 6. The van der Waals surface area contributed by atoms with Crippen molar-refractivity contribution in [2.24, 2.45) is 0 Å². The second-order valence-corrected chi connectivity index (χ2v) is 8.03. The second kappa shape index (κ2) is 7.72. The first-order valence-corrected chi connectivity index (χ1v) is 10.3. The van der Waals surface area contributed by atoms with Gasteiger partial charge in [0.25, 0.3) is 5.56 Å². The summed E-state index contributed by atoms with van der Waals surface area (Å²) < 4.78 is 3.31. The van der Waals surface area contributed by atoms with Crippen molar-refractivity contribution in [2.75, 3.05) is 19.3 Å². The monoisotopic (exact) mass is 408 g/mol. The van der Waals surface area contributed by atoms with Crippen LogP contribution >= 0.6 is 11.8 Å². The first-order chi connectivity index (χ1) is 14.0. The molecule has 1 aliphatic rings. The van der Waals surface area contributed by atoms with Crippen LogP contribution in [0.15, 0.2) is 40.4 Å². The van der Waals surface area contributed by atoms with Gasteiger partial charge in [-0.1, -0.05) is 30.0 Å². The smallest absolute Gasteiger partial charge is 0.265 e. The number of aromatic nitrogens is 4. The molecule has 0 fully saturated rings. The van der Waals surface area contributed by atoms with E-state index in [2.05, 4.69) is 5.10 Å². The highest BCUT2D eigenvalue weighted by atomic mass is 32.2. The molecule has 1 aromatic carbocycles. The number of carbonyl (C=O) groups is 1. The van der Waals surface area contributed by atoms with Gasteiger partial charge in [-0.3, -0.25) is 14.2 Å². The maximum atomic E-state index is 13.2. The highest BCUT2D eigenvalue weighted by Crippen LogP contribution is 2.33. The fourth-order valence-corrected chi connectivity index (χ4v) is 4.59. The molecule has 0 saturated heterocycles. The molecule has 1 unspecified atom stereocenters. The standard InChI is InChI=1S/C20H20N6O2S/c1-13-6-3-4-7-16(13)26-18-15(11-22-26)19(28)25-14(12-29-20(25)23-18)10-17(27)24(2)9-5-8-21/h3-4,6-7,11,14H,5,9-10,12H2,1-2H3. The van der Waals surface area contributed by atoms with Crippen molar-refractivity contribution < 1.29 is 4.79 Å². The molecule has 1 aliphatic heterocycles. The molecule has 0 spiro atoms. The van der Waals surface area contributed by atoms with E-state index in [1.165, 1.54) is 11.8 Å². The van der Waals surface area contributed by atoms with Crippen LogP contribution in [-0.2, 0) is 4.79 Å². The summed E-state index contributed by atoms with van der Waals surface area (Å²) in [5, 5.41) is 14.1. The number of nitriles is 1. The molecule has 0 aliphatic carbocycles. The molecule has 29 heavy (non-hydrogen) atoms. The lowest BCUT2D eigenvalue weighted by molar-refractivity contribution is -0.130. The summed E-state index contributed by atoms with van der Waals surface area (Å²) in [4.78, 5) is 31.9. The van der Waals surface area contributed by atoms with Crippen molar-refractivity contribution >= 4 is 28.7 Å². The summed E-state index contributed by atoms with van der Waals surface area (Å²) in [6, 6.07) is 9.60. The zero-order valence-corrected chi connectivity index (χ0v) is 17.0. The van der Waals surface area contributed by atoms with Gasteiger partial charge in [0.15, 0.2) is 10.8 Å². The van der Waals surface area contributed by atoms with Crippen molar-refractivity contribution in [3.63, 3.8) is 0 Å². The molecule has 9 heteroatoms. The lowest BCUT2D eigenvalue weighted by Gasteiger charge is -2.19. The van der Waals surface area contributed by atoms with Crippen LogP contribution in [0.1, 0.15) is 24.4 Å². The van der Waals surface area contributed by atoms with Crippen LogP contribution in [0.5, 0.6) is 0 Å².